The molecule has 0 aliphatic heterocycles. The molecular formula is C22H32N2O8. The predicted molar refractivity (Wildman–Crippen MR) is 117 cm³/mol. The molecule has 0 saturated carbocycles. The zero-order valence-corrected chi connectivity index (χ0v) is 19.0. The van der Waals surface area contributed by atoms with Crippen molar-refractivity contribution in [3.05, 3.63) is 35.1 Å². The fraction of sp³-hybridized carbons (Fsp3) is 0.500. The third-order valence-corrected chi connectivity index (χ3v) is 4.79. The molecule has 2 aromatic rings. The number of hydrogen-bond acceptors (Lipinski definition) is 7. The van der Waals surface area contributed by atoms with E-state index in [1.54, 1.807) is 6.26 Å². The highest BCUT2D eigenvalue weighted by atomic mass is 16.4. The number of carbonyl (C=O) groups is 3. The maximum Gasteiger partial charge on any atom is 0.335 e. The van der Waals surface area contributed by atoms with Crippen LogP contribution in [0.15, 0.2) is 22.8 Å². The number of aliphatic carboxylic acids is 2. The van der Waals surface area contributed by atoms with Gasteiger partial charge in [-0.1, -0.05) is 6.07 Å². The number of aliphatic hydroxyl groups is 2. The molecule has 4 N–H and O–H groups in total. The van der Waals surface area contributed by atoms with Gasteiger partial charge in [-0.15, -0.1) is 0 Å². The first-order chi connectivity index (χ1) is 14.9. The molecule has 178 valence electrons. The van der Waals surface area contributed by atoms with Gasteiger partial charge in [0.05, 0.1) is 12.7 Å². The number of furan rings is 1. The van der Waals surface area contributed by atoms with Gasteiger partial charge in [-0.3, -0.25) is 4.79 Å². The van der Waals surface area contributed by atoms with Crippen molar-refractivity contribution >= 4 is 28.8 Å². The van der Waals surface area contributed by atoms with Gasteiger partial charge >= 0.3 is 11.9 Å². The zero-order chi connectivity index (χ0) is 24.6. The van der Waals surface area contributed by atoms with Crippen molar-refractivity contribution in [2.75, 3.05) is 33.7 Å². The van der Waals surface area contributed by atoms with Gasteiger partial charge < -0.3 is 34.6 Å². The van der Waals surface area contributed by atoms with Gasteiger partial charge in [0.25, 0.3) is 0 Å². The van der Waals surface area contributed by atoms with Crippen LogP contribution in [0.1, 0.15) is 23.6 Å². The number of amides is 1. The summed E-state index contributed by atoms with van der Waals surface area (Å²) >= 11 is 0. The number of rotatable bonds is 9. The van der Waals surface area contributed by atoms with Crippen LogP contribution in [0.2, 0.25) is 0 Å². The first kappa shape index (κ1) is 27.1. The molecule has 0 aliphatic carbocycles. The molecule has 0 saturated heterocycles. The van der Waals surface area contributed by atoms with Crippen molar-refractivity contribution < 1.29 is 39.2 Å². The number of hydrogen-bond donors (Lipinski definition) is 4. The van der Waals surface area contributed by atoms with E-state index in [0.29, 0.717) is 6.42 Å². The topological polar surface area (TPSA) is 152 Å². The number of carbonyl (C=O) groups excluding carboxylic acids is 1. The van der Waals surface area contributed by atoms with Crippen LogP contribution >= 0.6 is 0 Å². The summed E-state index contributed by atoms with van der Waals surface area (Å²) in [6, 6.07) is 4.16. The van der Waals surface area contributed by atoms with E-state index in [-0.39, 0.29) is 5.91 Å². The Bertz CT molecular complexity index is 919. The molecule has 10 heteroatoms. The van der Waals surface area contributed by atoms with E-state index in [2.05, 4.69) is 24.8 Å². The van der Waals surface area contributed by atoms with E-state index in [1.165, 1.54) is 11.1 Å². The van der Waals surface area contributed by atoms with Gasteiger partial charge in [0.2, 0.25) is 5.91 Å². The van der Waals surface area contributed by atoms with E-state index in [1.807, 2.05) is 32.0 Å². The highest BCUT2D eigenvalue weighted by molar-refractivity contribution is 5.90. The van der Waals surface area contributed by atoms with Crippen LogP contribution in [0.5, 0.6) is 0 Å². The van der Waals surface area contributed by atoms with Gasteiger partial charge in [-0.2, -0.15) is 0 Å². The van der Waals surface area contributed by atoms with Gasteiger partial charge in [0, 0.05) is 30.6 Å². The van der Waals surface area contributed by atoms with Crippen molar-refractivity contribution in [1.82, 2.24) is 9.80 Å². The fourth-order valence-corrected chi connectivity index (χ4v) is 3.08. The Balaban J connectivity index is 0.000000433. The highest BCUT2D eigenvalue weighted by Crippen LogP contribution is 2.27. The Morgan fingerprint density at radius 2 is 1.56 bits per heavy atom. The molecule has 0 fully saturated rings. The molecule has 1 heterocycles. The van der Waals surface area contributed by atoms with Crippen LogP contribution in [0.4, 0.5) is 0 Å². The summed E-state index contributed by atoms with van der Waals surface area (Å²) in [6.07, 6.45) is -2.40. The molecule has 2 atom stereocenters. The number of fused-ring (bicyclic) bond motifs is 1. The summed E-state index contributed by atoms with van der Waals surface area (Å²) in [6.45, 7) is 8.53. The molecule has 10 nitrogen and oxygen atoms in total. The zero-order valence-electron chi connectivity index (χ0n) is 19.0. The van der Waals surface area contributed by atoms with Gasteiger partial charge in [-0.05, 0) is 52.1 Å². The van der Waals surface area contributed by atoms with Crippen LogP contribution < -0.4 is 0 Å². The first-order valence-electron chi connectivity index (χ1n) is 10.1. The lowest BCUT2D eigenvalue weighted by Gasteiger charge is -2.22. The van der Waals surface area contributed by atoms with Crippen LogP contribution in [0.25, 0.3) is 11.0 Å². The maximum absolute atomic E-state index is 12.5. The summed E-state index contributed by atoms with van der Waals surface area (Å²) in [5.41, 5.74) is 4.21. The molecule has 1 aromatic heterocycles. The van der Waals surface area contributed by atoms with E-state index in [4.69, 9.17) is 24.8 Å². The Labute approximate surface area is 186 Å². The molecule has 1 aromatic carbocycles. The molecule has 2 rings (SSSR count). The van der Waals surface area contributed by atoms with Crippen LogP contribution in [0, 0.1) is 13.8 Å². The average Bonchev–Trinajstić information content (AvgIpc) is 3.09. The number of nitrogens with zero attached hydrogens (tertiary/aromatic N) is 2. The number of carboxylic acid groups (broad SMARTS) is 2. The summed E-state index contributed by atoms with van der Waals surface area (Å²) in [5.74, 6) is -3.38. The Morgan fingerprint density at radius 1 is 1.00 bits per heavy atom. The van der Waals surface area contributed by atoms with Gasteiger partial charge in [-0.25, -0.2) is 9.59 Å². The number of benzene rings is 1. The Kier molecular flexibility index (Phi) is 10.3. The summed E-state index contributed by atoms with van der Waals surface area (Å²) < 4.78 is 5.64. The number of carboxylic acids is 2. The van der Waals surface area contributed by atoms with Crippen LogP contribution in [-0.2, 0) is 20.8 Å². The molecule has 32 heavy (non-hydrogen) atoms. The fourth-order valence-electron chi connectivity index (χ4n) is 3.08. The lowest BCUT2D eigenvalue weighted by atomic mass is 10.0. The SMILES string of the molecule is CCN(CCN(C)C)C(=O)Cc1coc2cc(C)cc(C)c12.O=C(O)C(O)C(O)C(=O)O. The van der Waals surface area contributed by atoms with Crippen LogP contribution in [-0.4, -0.2) is 94.0 Å². The molecule has 0 bridgehead atoms. The minimum absolute atomic E-state index is 0.159. The summed E-state index contributed by atoms with van der Waals surface area (Å²) in [7, 11) is 4.04. The van der Waals surface area contributed by atoms with E-state index < -0.39 is 24.1 Å². The predicted octanol–water partition coefficient (Wildman–Crippen LogP) is 0.880. The minimum Gasteiger partial charge on any atom is -0.479 e. The smallest absolute Gasteiger partial charge is 0.335 e. The number of aryl methyl sites for hydroxylation is 2. The minimum atomic E-state index is -2.27. The van der Waals surface area contributed by atoms with Gasteiger partial charge in [0.1, 0.15) is 5.58 Å². The summed E-state index contributed by atoms with van der Waals surface area (Å²) in [5, 5.41) is 33.6. The lowest BCUT2D eigenvalue weighted by Crippen LogP contribution is -2.39. The quantitative estimate of drug-likeness (QED) is 0.434. The first-order valence-corrected chi connectivity index (χ1v) is 10.1. The van der Waals surface area contributed by atoms with Crippen molar-refractivity contribution in [2.24, 2.45) is 0 Å². The molecule has 0 radical (unpaired) electrons. The molecule has 0 aliphatic rings. The number of aliphatic hydroxyl groups excluding tert-OH is 2. The third-order valence-electron chi connectivity index (χ3n) is 4.79. The number of likely N-dealkylation sites (N-methyl/N-ethyl adjacent to an activating group) is 2. The van der Waals surface area contributed by atoms with E-state index >= 15 is 0 Å². The van der Waals surface area contributed by atoms with E-state index in [0.717, 1.165) is 36.2 Å². The van der Waals surface area contributed by atoms with Crippen molar-refractivity contribution in [3.63, 3.8) is 0 Å². The van der Waals surface area contributed by atoms with Crippen LogP contribution in [0.3, 0.4) is 0 Å². The normalized spacial score (nSPS) is 12.8. The average molecular weight is 453 g/mol. The molecule has 1 amide bonds. The lowest BCUT2D eigenvalue weighted by molar-refractivity contribution is -0.165. The standard InChI is InChI=1S/C18H26N2O2.C4H6O6/c1-6-20(8-7-19(4)5)17(21)11-15-12-22-16-10-13(2)9-14(3)18(15)16;5-1(3(7)8)2(6)4(9)10/h9-10,12H,6-8,11H2,1-5H3;1-2,5-6H,(H,7,8)(H,9,10). The second kappa shape index (κ2) is 12.2. The largest absolute Gasteiger partial charge is 0.479 e. The van der Waals surface area contributed by atoms with E-state index in [9.17, 15) is 14.4 Å². The maximum atomic E-state index is 12.5. The highest BCUT2D eigenvalue weighted by Gasteiger charge is 2.29. The molecule has 2 unspecified atom stereocenters. The van der Waals surface area contributed by atoms with Crippen molar-refractivity contribution in [2.45, 2.75) is 39.4 Å². The molecular weight excluding hydrogens is 420 g/mol. The van der Waals surface area contributed by atoms with Gasteiger partial charge in [0.15, 0.2) is 12.2 Å². The Morgan fingerprint density at radius 3 is 2.03 bits per heavy atom. The van der Waals surface area contributed by atoms with Crippen molar-refractivity contribution in [3.8, 4) is 0 Å². The van der Waals surface area contributed by atoms with Crippen molar-refractivity contribution in [1.29, 1.82) is 0 Å². The molecule has 0 spiro atoms. The second-order valence-corrected chi connectivity index (χ2v) is 7.74. The summed E-state index contributed by atoms with van der Waals surface area (Å²) in [4.78, 5) is 36.1. The third kappa shape index (κ3) is 7.63. The monoisotopic (exact) mass is 452 g/mol. The second-order valence-electron chi connectivity index (χ2n) is 7.74. The Hall–Kier alpha value is -2.95.